The lowest BCUT2D eigenvalue weighted by atomic mass is 10.2. The van der Waals surface area contributed by atoms with Crippen molar-refractivity contribution in [3.63, 3.8) is 0 Å². The highest BCUT2D eigenvalue weighted by atomic mass is 16.5. The average molecular weight is 276 g/mol. The molecule has 108 valence electrons. The second-order valence-electron chi connectivity index (χ2n) is 4.59. The third kappa shape index (κ3) is 4.04. The Bertz CT molecular complexity index is 554. The summed E-state index contributed by atoms with van der Waals surface area (Å²) < 4.78 is 12.4. The van der Waals surface area contributed by atoms with E-state index < -0.39 is 0 Å². The number of aryl methyl sites for hydroxylation is 2. The Morgan fingerprint density at radius 1 is 1.35 bits per heavy atom. The normalized spacial score (nSPS) is 10.8. The first kappa shape index (κ1) is 14.5. The van der Waals surface area contributed by atoms with Crippen LogP contribution in [-0.4, -0.2) is 35.0 Å². The van der Waals surface area contributed by atoms with Gasteiger partial charge in [-0.25, -0.2) is 4.98 Å². The first-order chi connectivity index (χ1) is 9.69. The van der Waals surface area contributed by atoms with Crippen molar-refractivity contribution in [2.75, 3.05) is 20.3 Å². The number of nitrogens with zero attached hydrogens (tertiary/aromatic N) is 3. The van der Waals surface area contributed by atoms with E-state index in [1.807, 2.05) is 20.2 Å². The smallest absolute Gasteiger partial charge is 0.222 e. The largest absolute Gasteiger partial charge is 0.435 e. The van der Waals surface area contributed by atoms with E-state index in [1.165, 1.54) is 0 Å². The number of pyridine rings is 1. The Morgan fingerprint density at radius 2 is 2.20 bits per heavy atom. The van der Waals surface area contributed by atoms with Crippen molar-refractivity contribution in [3.8, 4) is 11.6 Å². The van der Waals surface area contributed by atoms with Crippen LogP contribution in [0.4, 0.5) is 0 Å². The molecule has 0 aliphatic rings. The number of rotatable bonds is 7. The molecule has 6 heteroatoms. The van der Waals surface area contributed by atoms with Crippen molar-refractivity contribution in [1.29, 1.82) is 0 Å². The molecule has 0 aliphatic carbocycles. The van der Waals surface area contributed by atoms with Gasteiger partial charge in [0.15, 0.2) is 5.75 Å². The van der Waals surface area contributed by atoms with E-state index in [-0.39, 0.29) is 0 Å². The molecule has 0 amide bonds. The predicted octanol–water partition coefficient (Wildman–Crippen LogP) is 1.65. The van der Waals surface area contributed by atoms with E-state index in [9.17, 15) is 0 Å². The van der Waals surface area contributed by atoms with Crippen LogP contribution in [0.1, 0.15) is 11.1 Å². The number of methoxy groups -OCH3 is 1. The topological polar surface area (TPSA) is 61.2 Å². The zero-order chi connectivity index (χ0) is 14.4. The quantitative estimate of drug-likeness (QED) is 0.779. The van der Waals surface area contributed by atoms with Crippen molar-refractivity contribution >= 4 is 0 Å². The second-order valence-corrected chi connectivity index (χ2v) is 4.59. The summed E-state index contributed by atoms with van der Waals surface area (Å²) in [5.41, 5.74) is 2.12. The summed E-state index contributed by atoms with van der Waals surface area (Å²) >= 11 is 0. The maximum absolute atomic E-state index is 5.69. The van der Waals surface area contributed by atoms with Gasteiger partial charge in [0, 0.05) is 39.0 Å². The van der Waals surface area contributed by atoms with E-state index in [2.05, 4.69) is 21.5 Å². The number of ether oxygens (including phenoxy) is 2. The molecule has 0 bridgehead atoms. The van der Waals surface area contributed by atoms with Crippen LogP contribution in [-0.2, 0) is 18.3 Å². The van der Waals surface area contributed by atoms with E-state index >= 15 is 0 Å². The van der Waals surface area contributed by atoms with E-state index in [0.717, 1.165) is 24.2 Å². The Balaban J connectivity index is 1.95. The number of hydrogen-bond acceptors (Lipinski definition) is 5. The summed E-state index contributed by atoms with van der Waals surface area (Å²) in [7, 11) is 3.54. The maximum Gasteiger partial charge on any atom is 0.222 e. The molecule has 0 spiro atoms. The van der Waals surface area contributed by atoms with Gasteiger partial charge in [0.25, 0.3) is 0 Å². The van der Waals surface area contributed by atoms with Crippen LogP contribution < -0.4 is 10.1 Å². The summed E-state index contributed by atoms with van der Waals surface area (Å²) in [5, 5.41) is 7.34. The van der Waals surface area contributed by atoms with Gasteiger partial charge in [0.05, 0.1) is 19.0 Å². The lowest BCUT2D eigenvalue weighted by Gasteiger charge is -2.08. The molecule has 2 rings (SSSR count). The van der Waals surface area contributed by atoms with Crippen LogP contribution >= 0.6 is 0 Å². The predicted molar refractivity (Wildman–Crippen MR) is 75.8 cm³/mol. The lowest BCUT2D eigenvalue weighted by molar-refractivity contribution is 0.199. The Labute approximate surface area is 118 Å². The molecular weight excluding hydrogens is 256 g/mol. The number of nitrogens with one attached hydrogen (secondary N) is 1. The van der Waals surface area contributed by atoms with Gasteiger partial charge in [0.2, 0.25) is 5.88 Å². The van der Waals surface area contributed by atoms with Crippen molar-refractivity contribution in [2.45, 2.75) is 13.5 Å². The minimum Gasteiger partial charge on any atom is -0.435 e. The van der Waals surface area contributed by atoms with Crippen LogP contribution in [0.2, 0.25) is 0 Å². The third-order valence-electron chi connectivity index (χ3n) is 2.79. The molecule has 20 heavy (non-hydrogen) atoms. The van der Waals surface area contributed by atoms with Crippen LogP contribution in [0.25, 0.3) is 0 Å². The Morgan fingerprint density at radius 3 is 2.85 bits per heavy atom. The van der Waals surface area contributed by atoms with Gasteiger partial charge in [0.1, 0.15) is 0 Å². The highest BCUT2D eigenvalue weighted by Crippen LogP contribution is 2.22. The minimum atomic E-state index is 0.610. The van der Waals surface area contributed by atoms with E-state index in [0.29, 0.717) is 18.2 Å². The van der Waals surface area contributed by atoms with Crippen LogP contribution in [0, 0.1) is 6.92 Å². The molecule has 0 saturated carbocycles. The summed E-state index contributed by atoms with van der Waals surface area (Å²) in [6, 6.07) is 2.07. The van der Waals surface area contributed by atoms with Crippen molar-refractivity contribution in [2.24, 2.45) is 7.05 Å². The highest BCUT2D eigenvalue weighted by Gasteiger charge is 2.06. The highest BCUT2D eigenvalue weighted by molar-refractivity contribution is 5.32. The Hall–Kier alpha value is -1.92. The summed E-state index contributed by atoms with van der Waals surface area (Å²) in [6.07, 6.45) is 5.29. The zero-order valence-corrected chi connectivity index (χ0v) is 12.1. The fourth-order valence-corrected chi connectivity index (χ4v) is 1.79. The minimum absolute atomic E-state index is 0.610. The molecule has 1 N–H and O–H groups in total. The fraction of sp³-hybridized carbons (Fsp3) is 0.429. The molecule has 6 nitrogen and oxygen atoms in total. The first-order valence-corrected chi connectivity index (χ1v) is 6.50. The average Bonchev–Trinajstić information content (AvgIpc) is 2.83. The molecule has 2 aromatic rings. The van der Waals surface area contributed by atoms with Gasteiger partial charge >= 0.3 is 0 Å². The third-order valence-corrected chi connectivity index (χ3v) is 2.79. The summed E-state index contributed by atoms with van der Waals surface area (Å²) in [5.74, 6) is 1.30. The van der Waals surface area contributed by atoms with Gasteiger partial charge < -0.3 is 14.8 Å². The number of aromatic nitrogens is 3. The number of hydrogen-bond donors (Lipinski definition) is 1. The van der Waals surface area contributed by atoms with Crippen molar-refractivity contribution in [3.05, 3.63) is 35.8 Å². The molecule has 0 aliphatic heterocycles. The van der Waals surface area contributed by atoms with Crippen molar-refractivity contribution < 1.29 is 9.47 Å². The van der Waals surface area contributed by atoms with Crippen LogP contribution in [0.15, 0.2) is 24.7 Å². The Kier molecular flexibility index (Phi) is 5.09. The van der Waals surface area contributed by atoms with Gasteiger partial charge in [-0.15, -0.1) is 0 Å². The lowest BCUT2D eigenvalue weighted by Crippen LogP contribution is -2.18. The molecular formula is C14H20N4O2. The first-order valence-electron chi connectivity index (χ1n) is 6.50. The SMILES string of the molecule is COCCNCc1cnc(Oc2cnn(C)c2)c(C)c1. The molecule has 2 aromatic heterocycles. The maximum atomic E-state index is 5.69. The van der Waals surface area contributed by atoms with Gasteiger partial charge in [-0.3, -0.25) is 4.68 Å². The monoisotopic (exact) mass is 276 g/mol. The molecule has 0 fully saturated rings. The van der Waals surface area contributed by atoms with Crippen molar-refractivity contribution in [1.82, 2.24) is 20.1 Å². The molecule has 0 radical (unpaired) electrons. The van der Waals surface area contributed by atoms with Gasteiger partial charge in [-0.05, 0) is 18.6 Å². The van der Waals surface area contributed by atoms with E-state index in [1.54, 1.807) is 24.2 Å². The molecule has 0 aromatic carbocycles. The second kappa shape index (κ2) is 7.02. The molecule has 0 unspecified atom stereocenters. The van der Waals surface area contributed by atoms with E-state index in [4.69, 9.17) is 9.47 Å². The van der Waals surface area contributed by atoms with Crippen LogP contribution in [0.5, 0.6) is 11.6 Å². The standard InChI is InChI=1S/C14H20N4O2/c1-11-6-12(7-15-4-5-19-3)8-16-14(11)20-13-9-17-18(2)10-13/h6,8-10,15H,4-5,7H2,1-3H3. The summed E-state index contributed by atoms with van der Waals surface area (Å²) in [6.45, 7) is 4.28. The zero-order valence-electron chi connectivity index (χ0n) is 12.1. The van der Waals surface area contributed by atoms with Gasteiger partial charge in [-0.1, -0.05) is 0 Å². The van der Waals surface area contributed by atoms with Gasteiger partial charge in [-0.2, -0.15) is 5.10 Å². The fourth-order valence-electron chi connectivity index (χ4n) is 1.79. The summed E-state index contributed by atoms with van der Waals surface area (Å²) in [4.78, 5) is 4.35. The molecule has 2 heterocycles. The molecule has 0 saturated heterocycles. The van der Waals surface area contributed by atoms with Crippen LogP contribution in [0.3, 0.4) is 0 Å². The molecule has 0 atom stereocenters.